The Morgan fingerprint density at radius 2 is 1.80 bits per heavy atom. The van der Waals surface area contributed by atoms with E-state index in [0.29, 0.717) is 25.6 Å². The number of urea groups is 1. The molecule has 1 N–H and O–H groups in total. The van der Waals surface area contributed by atoms with Gasteiger partial charge in [0.25, 0.3) is 0 Å². The molecular weight excluding hydrogens is 380 g/mol. The molecule has 2 aliphatic rings. The number of amides is 2. The summed E-state index contributed by atoms with van der Waals surface area (Å²) in [5, 5.41) is 16.5. The predicted molar refractivity (Wildman–Crippen MR) is 113 cm³/mol. The van der Waals surface area contributed by atoms with Gasteiger partial charge in [0.1, 0.15) is 5.75 Å². The van der Waals surface area contributed by atoms with Crippen LogP contribution >= 0.6 is 0 Å². The minimum Gasteiger partial charge on any atom is -0.494 e. The SMILES string of the molecule is CCOc1ccc(NC(=O)N2CCC(c3nnc4ccc(C5CC5)nn34)CC2)cc1. The van der Waals surface area contributed by atoms with E-state index >= 15 is 0 Å². The molecule has 0 radical (unpaired) electrons. The van der Waals surface area contributed by atoms with Gasteiger partial charge < -0.3 is 15.0 Å². The highest BCUT2D eigenvalue weighted by molar-refractivity contribution is 5.89. The highest BCUT2D eigenvalue weighted by Gasteiger charge is 2.29. The van der Waals surface area contributed by atoms with E-state index < -0.39 is 0 Å². The molecule has 0 bridgehead atoms. The van der Waals surface area contributed by atoms with E-state index in [-0.39, 0.29) is 11.9 Å². The Kier molecular flexibility index (Phi) is 4.98. The van der Waals surface area contributed by atoms with Gasteiger partial charge in [-0.15, -0.1) is 10.2 Å². The van der Waals surface area contributed by atoms with Gasteiger partial charge in [-0.3, -0.25) is 0 Å². The molecule has 8 nitrogen and oxygen atoms in total. The second-order valence-electron chi connectivity index (χ2n) is 8.01. The third-order valence-electron chi connectivity index (χ3n) is 5.87. The third kappa shape index (κ3) is 3.81. The zero-order valence-corrected chi connectivity index (χ0v) is 17.1. The summed E-state index contributed by atoms with van der Waals surface area (Å²) in [6, 6.07) is 11.5. The van der Waals surface area contributed by atoms with Gasteiger partial charge in [0.05, 0.1) is 12.3 Å². The summed E-state index contributed by atoms with van der Waals surface area (Å²) in [5.41, 5.74) is 2.70. The molecule has 3 aromatic rings. The molecule has 0 spiro atoms. The molecule has 1 aromatic carbocycles. The molecular formula is C22H26N6O2. The lowest BCUT2D eigenvalue weighted by Crippen LogP contribution is -2.40. The Bertz CT molecular complexity index is 1040. The number of carbonyl (C=O) groups is 1. The minimum absolute atomic E-state index is 0.0714. The molecule has 1 saturated carbocycles. The van der Waals surface area contributed by atoms with Crippen molar-refractivity contribution in [1.29, 1.82) is 0 Å². The fourth-order valence-electron chi connectivity index (χ4n) is 4.02. The largest absolute Gasteiger partial charge is 0.494 e. The number of nitrogens with zero attached hydrogens (tertiary/aromatic N) is 5. The lowest BCUT2D eigenvalue weighted by atomic mass is 9.96. The molecule has 1 aliphatic heterocycles. The number of ether oxygens (including phenoxy) is 1. The Labute approximate surface area is 175 Å². The first-order valence-electron chi connectivity index (χ1n) is 10.7. The van der Waals surface area contributed by atoms with Crippen molar-refractivity contribution in [1.82, 2.24) is 24.7 Å². The molecule has 156 valence electrons. The standard InChI is InChI=1S/C22H26N6O2/c1-2-30-18-7-5-17(6-8-18)23-22(29)27-13-11-16(12-14-27)21-25-24-20-10-9-19(15-3-4-15)26-28(20)21/h5-10,15-16H,2-4,11-14H2,1H3,(H,23,29). The zero-order valence-electron chi connectivity index (χ0n) is 17.1. The van der Waals surface area contributed by atoms with E-state index in [1.807, 2.05) is 46.7 Å². The Hall–Kier alpha value is -3.16. The minimum atomic E-state index is -0.0714. The number of benzene rings is 1. The number of aromatic nitrogens is 4. The van der Waals surface area contributed by atoms with Crippen molar-refractivity contribution in [3.8, 4) is 5.75 Å². The molecule has 8 heteroatoms. The van der Waals surface area contributed by atoms with Crippen LogP contribution in [-0.2, 0) is 0 Å². The van der Waals surface area contributed by atoms with Gasteiger partial charge in [0.15, 0.2) is 11.5 Å². The second kappa shape index (κ2) is 7.93. The maximum Gasteiger partial charge on any atom is 0.321 e. The maximum absolute atomic E-state index is 12.6. The van der Waals surface area contributed by atoms with E-state index in [2.05, 4.69) is 21.6 Å². The summed E-state index contributed by atoms with van der Waals surface area (Å²) in [7, 11) is 0. The maximum atomic E-state index is 12.6. The molecule has 0 atom stereocenters. The van der Waals surface area contributed by atoms with Gasteiger partial charge in [0.2, 0.25) is 0 Å². The molecule has 1 saturated heterocycles. The van der Waals surface area contributed by atoms with E-state index in [9.17, 15) is 4.79 Å². The van der Waals surface area contributed by atoms with Crippen molar-refractivity contribution < 1.29 is 9.53 Å². The van der Waals surface area contributed by atoms with Gasteiger partial charge in [-0.25, -0.2) is 4.79 Å². The van der Waals surface area contributed by atoms with Crippen molar-refractivity contribution >= 4 is 17.4 Å². The summed E-state index contributed by atoms with van der Waals surface area (Å²) >= 11 is 0. The fraction of sp³-hybridized carbons (Fsp3) is 0.455. The molecule has 3 heterocycles. The van der Waals surface area contributed by atoms with Gasteiger partial charge in [-0.1, -0.05) is 0 Å². The Balaban J connectivity index is 1.21. The molecule has 1 aliphatic carbocycles. The lowest BCUT2D eigenvalue weighted by Gasteiger charge is -2.31. The van der Waals surface area contributed by atoms with Crippen LogP contribution in [0.15, 0.2) is 36.4 Å². The van der Waals surface area contributed by atoms with E-state index in [4.69, 9.17) is 9.84 Å². The molecule has 2 fully saturated rings. The van der Waals surface area contributed by atoms with Crippen LogP contribution in [0.2, 0.25) is 0 Å². The Morgan fingerprint density at radius 3 is 2.50 bits per heavy atom. The zero-order chi connectivity index (χ0) is 20.5. The first-order valence-corrected chi connectivity index (χ1v) is 10.7. The quantitative estimate of drug-likeness (QED) is 0.696. The van der Waals surface area contributed by atoms with Crippen LogP contribution in [-0.4, -0.2) is 50.4 Å². The van der Waals surface area contributed by atoms with Gasteiger partial charge in [0, 0.05) is 30.6 Å². The molecule has 2 amide bonds. The molecule has 0 unspecified atom stereocenters. The highest BCUT2D eigenvalue weighted by Crippen LogP contribution is 2.39. The van der Waals surface area contributed by atoms with E-state index in [1.54, 1.807) is 0 Å². The molecule has 5 rings (SSSR count). The summed E-state index contributed by atoms with van der Waals surface area (Å²) in [4.78, 5) is 14.5. The van der Waals surface area contributed by atoms with Crippen LogP contribution in [0.25, 0.3) is 5.65 Å². The van der Waals surface area contributed by atoms with Crippen LogP contribution in [0, 0.1) is 0 Å². The van der Waals surface area contributed by atoms with Gasteiger partial charge >= 0.3 is 6.03 Å². The summed E-state index contributed by atoms with van der Waals surface area (Å²) in [5.74, 6) is 2.57. The number of hydrogen-bond acceptors (Lipinski definition) is 5. The fourth-order valence-corrected chi connectivity index (χ4v) is 4.02. The van der Waals surface area contributed by atoms with Crippen molar-refractivity contribution in [2.75, 3.05) is 25.0 Å². The first-order chi connectivity index (χ1) is 14.7. The third-order valence-corrected chi connectivity index (χ3v) is 5.87. The average molecular weight is 406 g/mol. The number of nitrogens with one attached hydrogen (secondary N) is 1. The van der Waals surface area contributed by atoms with Crippen LogP contribution in [0.5, 0.6) is 5.75 Å². The summed E-state index contributed by atoms with van der Waals surface area (Å²) < 4.78 is 7.35. The monoisotopic (exact) mass is 406 g/mol. The number of carbonyl (C=O) groups excluding carboxylic acids is 1. The van der Waals surface area contributed by atoms with Gasteiger partial charge in [-0.05, 0) is 69.0 Å². The summed E-state index contributed by atoms with van der Waals surface area (Å²) in [6.45, 7) is 3.94. The number of likely N-dealkylation sites (tertiary alicyclic amines) is 1. The number of rotatable bonds is 5. The normalized spacial score (nSPS) is 17.3. The lowest BCUT2D eigenvalue weighted by molar-refractivity contribution is 0.193. The van der Waals surface area contributed by atoms with E-state index in [0.717, 1.165) is 41.4 Å². The number of anilines is 1. The van der Waals surface area contributed by atoms with Crippen LogP contribution in [0.3, 0.4) is 0 Å². The smallest absolute Gasteiger partial charge is 0.321 e. The number of hydrogen-bond donors (Lipinski definition) is 1. The molecule has 30 heavy (non-hydrogen) atoms. The van der Waals surface area contributed by atoms with Crippen molar-refractivity contribution in [2.24, 2.45) is 0 Å². The molecule has 2 aromatic heterocycles. The highest BCUT2D eigenvalue weighted by atomic mass is 16.5. The van der Waals surface area contributed by atoms with Crippen LogP contribution < -0.4 is 10.1 Å². The topological polar surface area (TPSA) is 84.6 Å². The number of fused-ring (bicyclic) bond motifs is 1. The average Bonchev–Trinajstić information content (AvgIpc) is 3.54. The van der Waals surface area contributed by atoms with Crippen LogP contribution in [0.4, 0.5) is 10.5 Å². The number of piperidine rings is 1. The first kappa shape index (κ1) is 18.8. The van der Waals surface area contributed by atoms with Crippen molar-refractivity contribution in [3.05, 3.63) is 47.9 Å². The van der Waals surface area contributed by atoms with Crippen LogP contribution in [0.1, 0.15) is 56.0 Å². The summed E-state index contributed by atoms with van der Waals surface area (Å²) in [6.07, 6.45) is 4.15. The Morgan fingerprint density at radius 1 is 1.03 bits per heavy atom. The van der Waals surface area contributed by atoms with Gasteiger partial charge in [-0.2, -0.15) is 9.61 Å². The van der Waals surface area contributed by atoms with E-state index in [1.165, 1.54) is 12.8 Å². The van der Waals surface area contributed by atoms with Crippen molar-refractivity contribution in [2.45, 2.75) is 44.4 Å². The van der Waals surface area contributed by atoms with Crippen molar-refractivity contribution in [3.63, 3.8) is 0 Å². The second-order valence-corrected chi connectivity index (χ2v) is 8.01. The predicted octanol–water partition coefficient (Wildman–Crippen LogP) is 3.81.